The average molecular weight is 301 g/mol. The summed E-state index contributed by atoms with van der Waals surface area (Å²) in [7, 11) is 1.65. The monoisotopic (exact) mass is 301 g/mol. The van der Waals surface area contributed by atoms with Crippen LogP contribution < -0.4 is 0 Å². The summed E-state index contributed by atoms with van der Waals surface area (Å²) in [5.41, 5.74) is -0.425. The van der Waals surface area contributed by atoms with E-state index in [1.807, 2.05) is 0 Å². The number of amides is 1. The first-order valence-corrected chi connectivity index (χ1v) is 7.74. The van der Waals surface area contributed by atoms with Crippen molar-refractivity contribution < 1.29 is 19.4 Å². The number of carboxylic acids is 1. The Morgan fingerprint density at radius 3 is 2.75 bits per heavy atom. The lowest BCUT2D eigenvalue weighted by Crippen LogP contribution is -2.59. The van der Waals surface area contributed by atoms with Crippen molar-refractivity contribution in [1.82, 2.24) is 4.90 Å². The van der Waals surface area contributed by atoms with E-state index in [1.165, 1.54) is 0 Å². The molecule has 6 heteroatoms. The predicted octanol–water partition coefficient (Wildman–Crippen LogP) is 1.42. The molecule has 0 heterocycles. The van der Waals surface area contributed by atoms with Gasteiger partial charge in [-0.2, -0.15) is 12.6 Å². The molecule has 2 fully saturated rings. The first-order valence-electron chi connectivity index (χ1n) is 7.11. The fourth-order valence-electron chi connectivity index (χ4n) is 3.84. The highest BCUT2D eigenvalue weighted by molar-refractivity contribution is 7.80. The summed E-state index contributed by atoms with van der Waals surface area (Å²) < 4.78 is 5.57. The molecule has 2 bridgehead atoms. The van der Waals surface area contributed by atoms with Crippen LogP contribution in [0.25, 0.3) is 0 Å². The van der Waals surface area contributed by atoms with Crippen LogP contribution in [-0.4, -0.2) is 52.9 Å². The molecule has 5 nitrogen and oxygen atoms in total. The lowest BCUT2D eigenvalue weighted by atomic mass is 9.87. The fraction of sp³-hybridized carbons (Fsp3) is 0.857. The molecule has 2 saturated carbocycles. The van der Waals surface area contributed by atoms with Crippen LogP contribution in [0.4, 0.5) is 0 Å². The van der Waals surface area contributed by atoms with Crippen LogP contribution in [0.3, 0.4) is 0 Å². The molecule has 0 saturated heterocycles. The lowest BCUT2D eigenvalue weighted by molar-refractivity contribution is -0.156. The molecule has 0 aromatic carbocycles. The standard InChI is InChI=1S/C14H23NO4S/c1-9(8-20)13(18)15(7-12(16)17)14-4-3-10(6-14)5-11(14)19-2/h9-11,20H,3-8H2,1-2H3,(H,16,17). The highest BCUT2D eigenvalue weighted by Gasteiger charge is 2.57. The number of rotatable bonds is 6. The first kappa shape index (κ1) is 15.6. The number of fused-ring (bicyclic) bond motifs is 2. The van der Waals surface area contributed by atoms with E-state index >= 15 is 0 Å². The maximum Gasteiger partial charge on any atom is 0.323 e. The molecule has 1 N–H and O–H groups in total. The summed E-state index contributed by atoms with van der Waals surface area (Å²) in [6, 6.07) is 0. The van der Waals surface area contributed by atoms with Crippen LogP contribution in [0.1, 0.15) is 32.6 Å². The third-order valence-electron chi connectivity index (χ3n) is 4.85. The number of thiol groups is 1. The molecule has 0 aromatic rings. The van der Waals surface area contributed by atoms with Gasteiger partial charge in [0.2, 0.25) is 5.91 Å². The Morgan fingerprint density at radius 2 is 2.25 bits per heavy atom. The Labute approximate surface area is 125 Å². The number of aliphatic carboxylic acids is 1. The Kier molecular flexibility index (Phi) is 4.64. The van der Waals surface area contributed by atoms with E-state index in [9.17, 15) is 14.7 Å². The highest BCUT2D eigenvalue weighted by Crippen LogP contribution is 2.52. The predicted molar refractivity (Wildman–Crippen MR) is 77.9 cm³/mol. The zero-order chi connectivity index (χ0) is 14.9. The van der Waals surface area contributed by atoms with Gasteiger partial charge in [0.1, 0.15) is 6.54 Å². The molecule has 0 aliphatic heterocycles. The van der Waals surface area contributed by atoms with Crippen molar-refractivity contribution in [2.45, 2.75) is 44.2 Å². The van der Waals surface area contributed by atoms with E-state index in [-0.39, 0.29) is 24.5 Å². The molecule has 0 radical (unpaired) electrons. The van der Waals surface area contributed by atoms with Gasteiger partial charge in [-0.15, -0.1) is 0 Å². The Balaban J connectivity index is 2.30. The van der Waals surface area contributed by atoms with E-state index in [2.05, 4.69) is 12.6 Å². The lowest BCUT2D eigenvalue weighted by Gasteiger charge is -2.44. The third-order valence-corrected chi connectivity index (χ3v) is 5.40. The van der Waals surface area contributed by atoms with E-state index in [4.69, 9.17) is 4.74 Å². The summed E-state index contributed by atoms with van der Waals surface area (Å²) in [5.74, 6) is -0.387. The third kappa shape index (κ3) is 2.55. The first-order chi connectivity index (χ1) is 9.44. The second-order valence-corrected chi connectivity index (χ2v) is 6.44. The number of hydrogen-bond acceptors (Lipinski definition) is 4. The van der Waals surface area contributed by atoms with Crippen LogP contribution in [0, 0.1) is 11.8 Å². The minimum Gasteiger partial charge on any atom is -0.480 e. The molecule has 4 atom stereocenters. The summed E-state index contributed by atoms with van der Waals surface area (Å²) in [5, 5.41) is 9.18. The smallest absolute Gasteiger partial charge is 0.323 e. The quantitative estimate of drug-likeness (QED) is 0.728. The number of nitrogens with zero attached hydrogens (tertiary/aromatic N) is 1. The topological polar surface area (TPSA) is 66.8 Å². The van der Waals surface area contributed by atoms with E-state index in [1.54, 1.807) is 18.9 Å². The van der Waals surface area contributed by atoms with Crippen LogP contribution in [0.15, 0.2) is 0 Å². The number of ether oxygens (including phenoxy) is 1. The fourth-order valence-corrected chi connectivity index (χ4v) is 4.00. The number of carbonyl (C=O) groups excluding carboxylic acids is 1. The Hall–Kier alpha value is -0.750. The summed E-state index contributed by atoms with van der Waals surface area (Å²) in [6.45, 7) is 1.55. The summed E-state index contributed by atoms with van der Waals surface area (Å²) in [4.78, 5) is 25.4. The molecule has 2 aliphatic rings. The maximum atomic E-state index is 12.6. The van der Waals surface area contributed by atoms with Gasteiger partial charge < -0.3 is 14.7 Å². The number of carbonyl (C=O) groups is 2. The molecular formula is C14H23NO4S. The van der Waals surface area contributed by atoms with Crippen LogP contribution in [0.5, 0.6) is 0 Å². The second-order valence-electron chi connectivity index (χ2n) is 6.07. The molecule has 20 heavy (non-hydrogen) atoms. The maximum absolute atomic E-state index is 12.6. The molecule has 0 spiro atoms. The Morgan fingerprint density at radius 1 is 1.55 bits per heavy atom. The zero-order valence-corrected chi connectivity index (χ0v) is 12.9. The molecule has 1 amide bonds. The van der Waals surface area contributed by atoms with Gasteiger partial charge in [0.15, 0.2) is 0 Å². The highest BCUT2D eigenvalue weighted by atomic mass is 32.1. The normalized spacial score (nSPS) is 33.1. The molecule has 114 valence electrons. The minimum absolute atomic E-state index is 0.0448. The van der Waals surface area contributed by atoms with E-state index in [0.717, 1.165) is 25.7 Å². The van der Waals surface area contributed by atoms with E-state index in [0.29, 0.717) is 11.7 Å². The zero-order valence-electron chi connectivity index (χ0n) is 12.0. The van der Waals surface area contributed by atoms with Gasteiger partial charge in [0, 0.05) is 18.8 Å². The van der Waals surface area contributed by atoms with Gasteiger partial charge in [-0.25, -0.2) is 0 Å². The van der Waals surface area contributed by atoms with Crippen molar-refractivity contribution >= 4 is 24.5 Å². The van der Waals surface area contributed by atoms with Gasteiger partial charge in [-0.05, 0) is 31.6 Å². The molecule has 0 aromatic heterocycles. The van der Waals surface area contributed by atoms with Gasteiger partial charge in [-0.3, -0.25) is 9.59 Å². The van der Waals surface area contributed by atoms with Crippen LogP contribution in [-0.2, 0) is 14.3 Å². The van der Waals surface area contributed by atoms with Crippen molar-refractivity contribution in [3.05, 3.63) is 0 Å². The van der Waals surface area contributed by atoms with Crippen LogP contribution >= 0.6 is 12.6 Å². The van der Waals surface area contributed by atoms with Gasteiger partial charge in [0.05, 0.1) is 11.6 Å². The van der Waals surface area contributed by atoms with Crippen molar-refractivity contribution in [1.29, 1.82) is 0 Å². The van der Waals surface area contributed by atoms with Crippen molar-refractivity contribution in [3.63, 3.8) is 0 Å². The summed E-state index contributed by atoms with van der Waals surface area (Å²) >= 11 is 4.17. The van der Waals surface area contributed by atoms with Crippen LogP contribution in [0.2, 0.25) is 0 Å². The Bertz CT molecular complexity index is 403. The van der Waals surface area contributed by atoms with Crippen molar-refractivity contribution in [2.75, 3.05) is 19.4 Å². The number of methoxy groups -OCH3 is 1. The molecule has 2 aliphatic carbocycles. The second kappa shape index (κ2) is 5.93. The van der Waals surface area contributed by atoms with Gasteiger partial charge >= 0.3 is 5.97 Å². The van der Waals surface area contributed by atoms with Gasteiger partial charge in [0.25, 0.3) is 0 Å². The largest absolute Gasteiger partial charge is 0.480 e. The average Bonchev–Trinajstić information content (AvgIpc) is 3.01. The number of carboxylic acid groups (broad SMARTS) is 1. The molecule has 2 rings (SSSR count). The molecule has 4 unspecified atom stereocenters. The van der Waals surface area contributed by atoms with Crippen molar-refractivity contribution in [2.24, 2.45) is 11.8 Å². The molecular weight excluding hydrogens is 278 g/mol. The summed E-state index contributed by atoms with van der Waals surface area (Å²) in [6.07, 6.45) is 3.64. The van der Waals surface area contributed by atoms with Crippen molar-refractivity contribution in [3.8, 4) is 0 Å². The SMILES string of the molecule is COC1CC2CCC1(N(CC(=O)O)C(=O)C(C)CS)C2. The van der Waals surface area contributed by atoms with E-state index < -0.39 is 11.5 Å². The van der Waals surface area contributed by atoms with Gasteiger partial charge in [-0.1, -0.05) is 6.92 Å². The minimum atomic E-state index is -0.968. The number of hydrogen-bond donors (Lipinski definition) is 2.